The third-order valence-electron chi connectivity index (χ3n) is 9.47. The van der Waals surface area contributed by atoms with Crippen molar-refractivity contribution < 1.29 is 5.11 Å². The number of imidazole rings is 1. The quantitative estimate of drug-likeness (QED) is 0.203. The Morgan fingerprint density at radius 2 is 1.18 bits per heavy atom. The number of phenolic OH excluding ortho intramolecular Hbond substituents is 1. The zero-order valence-corrected chi connectivity index (χ0v) is 29.4. The van der Waals surface area contributed by atoms with Crippen molar-refractivity contribution in [3.05, 3.63) is 139 Å². The Labute approximate surface area is 289 Å². The molecule has 0 aliphatic rings. The second-order valence-electron chi connectivity index (χ2n) is 15.0. The first-order chi connectivity index (χ1) is 23.4. The number of hydrogen-bond acceptors (Lipinski definition) is 3. The molecular weight excluding hydrogens is 599 g/mol. The number of pyridine rings is 1. The number of aryl methyl sites for hydroxylation is 1. The number of phenols is 1. The summed E-state index contributed by atoms with van der Waals surface area (Å²) in [4.78, 5) is 10.0. The molecule has 2 heterocycles. The number of aromatic nitrogens is 3. The van der Waals surface area contributed by atoms with Gasteiger partial charge in [-0.3, -0.25) is 4.98 Å². The van der Waals surface area contributed by atoms with Crippen molar-refractivity contribution in [1.82, 2.24) is 14.5 Å². The number of benzene rings is 5. The van der Waals surface area contributed by atoms with Gasteiger partial charge in [-0.15, -0.1) is 0 Å². The van der Waals surface area contributed by atoms with Crippen LogP contribution in [0.5, 0.6) is 5.75 Å². The van der Waals surface area contributed by atoms with Gasteiger partial charge in [0.1, 0.15) is 11.6 Å². The summed E-state index contributed by atoms with van der Waals surface area (Å²) in [7, 11) is 2.04. The van der Waals surface area contributed by atoms with E-state index in [9.17, 15) is 5.11 Å². The first-order valence-corrected chi connectivity index (χ1v) is 16.9. The topological polar surface area (TPSA) is 50.9 Å². The SMILES string of the molecule is Cn1c(-c2cc(C(C)(C)C)cc(C(C)(C)C)c2O)nc2c(-c3cc(-c4ccc(-c5ccccc5)cc4)cc(-c4ccccn4)c3)cccc21. The molecule has 0 atom stereocenters. The van der Waals surface area contributed by atoms with Crippen LogP contribution in [0.3, 0.4) is 0 Å². The maximum Gasteiger partial charge on any atom is 0.144 e. The molecule has 0 aliphatic carbocycles. The number of para-hydroxylation sites is 1. The van der Waals surface area contributed by atoms with E-state index in [-0.39, 0.29) is 10.8 Å². The van der Waals surface area contributed by atoms with Crippen molar-refractivity contribution in [2.45, 2.75) is 52.4 Å². The minimum atomic E-state index is -0.239. The van der Waals surface area contributed by atoms with Crippen molar-refractivity contribution >= 4 is 11.0 Å². The van der Waals surface area contributed by atoms with E-state index < -0.39 is 0 Å². The molecule has 1 N–H and O–H groups in total. The monoisotopic (exact) mass is 641 g/mol. The van der Waals surface area contributed by atoms with Crippen LogP contribution in [0.25, 0.3) is 67.1 Å². The van der Waals surface area contributed by atoms with Gasteiger partial charge in [0, 0.05) is 29.9 Å². The van der Waals surface area contributed by atoms with Crippen LogP contribution in [0.1, 0.15) is 52.7 Å². The van der Waals surface area contributed by atoms with E-state index in [1.165, 1.54) is 16.7 Å². The molecule has 0 saturated carbocycles. The highest BCUT2D eigenvalue weighted by atomic mass is 16.3. The van der Waals surface area contributed by atoms with Crippen molar-refractivity contribution in [2.75, 3.05) is 0 Å². The summed E-state index contributed by atoms with van der Waals surface area (Å²) in [6, 6.07) is 42.6. The van der Waals surface area contributed by atoms with Crippen molar-refractivity contribution in [2.24, 2.45) is 7.05 Å². The molecule has 7 aromatic rings. The zero-order valence-electron chi connectivity index (χ0n) is 29.4. The van der Waals surface area contributed by atoms with Crippen molar-refractivity contribution in [3.8, 4) is 61.8 Å². The first-order valence-electron chi connectivity index (χ1n) is 16.9. The molecular formula is C45H43N3O. The number of fused-ring (bicyclic) bond motifs is 1. The van der Waals surface area contributed by atoms with Crippen LogP contribution in [0, 0.1) is 0 Å². The van der Waals surface area contributed by atoms with E-state index >= 15 is 0 Å². The van der Waals surface area contributed by atoms with Gasteiger partial charge in [-0.25, -0.2) is 4.98 Å². The summed E-state index contributed by atoms with van der Waals surface area (Å²) in [5.74, 6) is 1.04. The van der Waals surface area contributed by atoms with Gasteiger partial charge in [-0.1, -0.05) is 120 Å². The molecule has 7 rings (SSSR count). The molecule has 4 heteroatoms. The standard InChI is InChI=1S/C45H43N3O/c1-44(2,3)35-27-37(42(49)38(28-35)45(4,5)6)43-47-41-36(16-13-18-40(41)48(43)7)33-24-32(25-34(26-33)39-17-11-12-23-46-39)31-21-19-30(20-22-31)29-14-9-8-10-15-29/h8-28,49H,1-7H3. The summed E-state index contributed by atoms with van der Waals surface area (Å²) in [5, 5.41) is 11.8. The smallest absolute Gasteiger partial charge is 0.144 e. The lowest BCUT2D eigenvalue weighted by atomic mass is 9.79. The van der Waals surface area contributed by atoms with Gasteiger partial charge in [0.2, 0.25) is 0 Å². The van der Waals surface area contributed by atoms with Crippen LogP contribution in [-0.2, 0) is 17.9 Å². The normalized spacial score (nSPS) is 12.1. The molecule has 5 aromatic carbocycles. The molecule has 0 bridgehead atoms. The molecule has 4 nitrogen and oxygen atoms in total. The van der Waals surface area contributed by atoms with Gasteiger partial charge < -0.3 is 9.67 Å². The Kier molecular flexibility index (Phi) is 7.99. The summed E-state index contributed by atoms with van der Waals surface area (Å²) < 4.78 is 2.11. The fourth-order valence-corrected chi connectivity index (χ4v) is 6.61. The van der Waals surface area contributed by atoms with E-state index in [1.807, 2.05) is 31.4 Å². The van der Waals surface area contributed by atoms with Crippen molar-refractivity contribution in [1.29, 1.82) is 0 Å². The molecule has 2 aromatic heterocycles. The van der Waals surface area contributed by atoms with Crippen LogP contribution in [0.2, 0.25) is 0 Å². The van der Waals surface area contributed by atoms with Crippen LogP contribution >= 0.6 is 0 Å². The molecule has 244 valence electrons. The number of rotatable bonds is 5. The molecule has 0 aliphatic heterocycles. The molecule has 0 amide bonds. The average molecular weight is 642 g/mol. The highest BCUT2D eigenvalue weighted by Crippen LogP contribution is 2.43. The number of hydrogen-bond donors (Lipinski definition) is 1. The first kappa shape index (κ1) is 32.1. The Bertz CT molecular complexity index is 2290. The number of aromatic hydroxyl groups is 1. The molecule has 0 saturated heterocycles. The third kappa shape index (κ3) is 6.15. The Hall–Kier alpha value is -5.48. The minimum absolute atomic E-state index is 0.0974. The molecule has 0 fully saturated rings. The second-order valence-corrected chi connectivity index (χ2v) is 15.0. The highest BCUT2D eigenvalue weighted by molar-refractivity contribution is 5.96. The molecule has 49 heavy (non-hydrogen) atoms. The van der Waals surface area contributed by atoms with Gasteiger partial charge >= 0.3 is 0 Å². The summed E-state index contributed by atoms with van der Waals surface area (Å²) >= 11 is 0. The van der Waals surface area contributed by atoms with Gasteiger partial charge in [0.05, 0.1) is 22.3 Å². The van der Waals surface area contributed by atoms with E-state index in [0.717, 1.165) is 61.5 Å². The largest absolute Gasteiger partial charge is 0.507 e. The fourth-order valence-electron chi connectivity index (χ4n) is 6.61. The minimum Gasteiger partial charge on any atom is -0.507 e. The van der Waals surface area contributed by atoms with Crippen LogP contribution in [0.4, 0.5) is 0 Å². The lowest BCUT2D eigenvalue weighted by Gasteiger charge is -2.27. The van der Waals surface area contributed by atoms with Gasteiger partial charge in [0.25, 0.3) is 0 Å². The van der Waals surface area contributed by atoms with E-state index in [2.05, 4.69) is 149 Å². The predicted octanol–water partition coefficient (Wildman–Crippen LogP) is 11.6. The maximum atomic E-state index is 11.8. The Morgan fingerprint density at radius 1 is 0.551 bits per heavy atom. The summed E-state index contributed by atoms with van der Waals surface area (Å²) in [6.45, 7) is 13.1. The van der Waals surface area contributed by atoms with E-state index in [4.69, 9.17) is 9.97 Å². The Balaban J connectivity index is 1.41. The number of nitrogens with zero attached hydrogens (tertiary/aromatic N) is 3. The summed E-state index contributed by atoms with van der Waals surface area (Å²) in [5.41, 5.74) is 13.1. The molecule has 0 unspecified atom stereocenters. The lowest BCUT2D eigenvalue weighted by Crippen LogP contribution is -2.17. The lowest BCUT2D eigenvalue weighted by molar-refractivity contribution is 0.446. The van der Waals surface area contributed by atoms with Gasteiger partial charge in [0.15, 0.2) is 0 Å². The van der Waals surface area contributed by atoms with Crippen LogP contribution < -0.4 is 0 Å². The molecule has 0 spiro atoms. The maximum absolute atomic E-state index is 11.8. The van der Waals surface area contributed by atoms with Crippen molar-refractivity contribution in [3.63, 3.8) is 0 Å². The van der Waals surface area contributed by atoms with Crippen LogP contribution in [-0.4, -0.2) is 19.6 Å². The predicted molar refractivity (Wildman–Crippen MR) is 205 cm³/mol. The highest BCUT2D eigenvalue weighted by Gasteiger charge is 2.27. The third-order valence-corrected chi connectivity index (χ3v) is 9.47. The van der Waals surface area contributed by atoms with Crippen LogP contribution in [0.15, 0.2) is 128 Å². The fraction of sp³-hybridized carbons (Fsp3) is 0.200. The second kappa shape index (κ2) is 12.2. The van der Waals surface area contributed by atoms with Gasteiger partial charge in [-0.05, 0) is 86.7 Å². The molecule has 0 radical (unpaired) electrons. The average Bonchev–Trinajstić information content (AvgIpc) is 3.44. The Morgan fingerprint density at radius 3 is 1.84 bits per heavy atom. The zero-order chi connectivity index (χ0) is 34.5. The van der Waals surface area contributed by atoms with Gasteiger partial charge in [-0.2, -0.15) is 0 Å². The van der Waals surface area contributed by atoms with E-state index in [0.29, 0.717) is 5.75 Å². The summed E-state index contributed by atoms with van der Waals surface area (Å²) in [6.07, 6.45) is 1.84. The van der Waals surface area contributed by atoms with E-state index in [1.54, 1.807) is 0 Å².